The van der Waals surface area contributed by atoms with Crippen LogP contribution in [0.25, 0.3) is 22.2 Å². The van der Waals surface area contributed by atoms with E-state index in [4.69, 9.17) is 14.9 Å². The van der Waals surface area contributed by atoms with Crippen LogP contribution in [0.15, 0.2) is 54.6 Å². The minimum absolute atomic E-state index is 0.0435. The summed E-state index contributed by atoms with van der Waals surface area (Å²) in [5, 5.41) is 24.5. The largest absolute Gasteiger partial charge is 0.508 e. The fourth-order valence-corrected chi connectivity index (χ4v) is 5.07. The molecule has 1 aliphatic rings. The van der Waals surface area contributed by atoms with E-state index in [0.717, 1.165) is 65.5 Å². The molecule has 192 valence electrons. The van der Waals surface area contributed by atoms with Crippen LogP contribution in [-0.2, 0) is 11.4 Å². The third kappa shape index (κ3) is 5.14. The fraction of sp³-hybridized carbons (Fsp3) is 0.310. The van der Waals surface area contributed by atoms with E-state index in [0.29, 0.717) is 0 Å². The monoisotopic (exact) mass is 506 g/mol. The smallest absolute Gasteiger partial charge is 0.303 e. The third-order valence-electron chi connectivity index (χ3n) is 7.04. The number of rotatable bonds is 8. The highest BCUT2D eigenvalue weighted by Gasteiger charge is 2.23. The molecule has 8 heteroatoms. The Morgan fingerprint density at radius 2 is 1.76 bits per heavy atom. The van der Waals surface area contributed by atoms with Crippen molar-refractivity contribution < 1.29 is 28.5 Å². The standard InChI is InChI=1S/C29H28F2N2O4/c1-17(12-27(35)36)20-14-24(30)29(25(31)15-20)37-16-18-6-11-23-26(13-18)33(21-4-2-3-5-21)32-28(23)19-7-9-22(34)10-8-19/h6-11,13-15,17,21,34H,2-5,12,16H2,1H3,(H,35,36). The van der Waals surface area contributed by atoms with E-state index in [-0.39, 0.29) is 30.4 Å². The van der Waals surface area contributed by atoms with Crippen molar-refractivity contribution in [1.29, 1.82) is 0 Å². The second kappa shape index (κ2) is 10.2. The van der Waals surface area contributed by atoms with Crippen molar-refractivity contribution in [2.75, 3.05) is 0 Å². The second-order valence-corrected chi connectivity index (χ2v) is 9.73. The van der Waals surface area contributed by atoms with Crippen molar-refractivity contribution in [1.82, 2.24) is 9.78 Å². The number of aliphatic carboxylic acids is 1. The number of aromatic nitrogens is 2. The minimum atomic E-state index is -1.03. The van der Waals surface area contributed by atoms with Crippen LogP contribution in [0.1, 0.15) is 62.1 Å². The number of phenolic OH excluding ortho intramolecular Hbond substituents is 1. The molecule has 1 aliphatic carbocycles. The number of carboxylic acid groups (broad SMARTS) is 1. The van der Waals surface area contributed by atoms with Gasteiger partial charge in [-0.1, -0.05) is 31.9 Å². The lowest BCUT2D eigenvalue weighted by atomic mass is 9.97. The number of carboxylic acids is 1. The molecule has 4 aromatic rings. The average molecular weight is 507 g/mol. The molecule has 0 aliphatic heterocycles. The van der Waals surface area contributed by atoms with Gasteiger partial charge in [0.05, 0.1) is 18.0 Å². The van der Waals surface area contributed by atoms with Gasteiger partial charge in [0, 0.05) is 10.9 Å². The Labute approximate surface area is 213 Å². The molecule has 3 aromatic carbocycles. The van der Waals surface area contributed by atoms with E-state index in [9.17, 15) is 18.7 Å². The summed E-state index contributed by atoms with van der Waals surface area (Å²) in [6.07, 6.45) is 4.14. The van der Waals surface area contributed by atoms with E-state index in [1.165, 1.54) is 0 Å². The molecule has 0 amide bonds. The number of fused-ring (bicyclic) bond motifs is 1. The van der Waals surface area contributed by atoms with Gasteiger partial charge in [0.2, 0.25) is 0 Å². The summed E-state index contributed by atoms with van der Waals surface area (Å²) in [5.41, 5.74) is 3.65. The molecule has 1 saturated carbocycles. The number of halogens is 2. The van der Waals surface area contributed by atoms with Crippen LogP contribution in [0.4, 0.5) is 8.78 Å². The summed E-state index contributed by atoms with van der Waals surface area (Å²) in [6.45, 7) is 1.57. The first-order valence-corrected chi connectivity index (χ1v) is 12.4. The van der Waals surface area contributed by atoms with Crippen molar-refractivity contribution in [3.8, 4) is 22.8 Å². The van der Waals surface area contributed by atoms with Gasteiger partial charge in [-0.15, -0.1) is 0 Å². The molecule has 1 atom stereocenters. The molecule has 37 heavy (non-hydrogen) atoms. The Balaban J connectivity index is 1.44. The number of ether oxygens (including phenoxy) is 1. The van der Waals surface area contributed by atoms with Crippen LogP contribution >= 0.6 is 0 Å². The summed E-state index contributed by atoms with van der Waals surface area (Å²) in [4.78, 5) is 10.9. The van der Waals surface area contributed by atoms with Gasteiger partial charge < -0.3 is 14.9 Å². The first-order chi connectivity index (χ1) is 17.8. The molecule has 6 nitrogen and oxygen atoms in total. The van der Waals surface area contributed by atoms with Crippen molar-refractivity contribution in [3.63, 3.8) is 0 Å². The highest BCUT2D eigenvalue weighted by Crippen LogP contribution is 2.37. The van der Waals surface area contributed by atoms with Crippen molar-refractivity contribution >= 4 is 16.9 Å². The molecule has 1 heterocycles. The number of carbonyl (C=O) groups is 1. The summed E-state index contributed by atoms with van der Waals surface area (Å²) in [7, 11) is 0. The number of hydrogen-bond acceptors (Lipinski definition) is 4. The quantitative estimate of drug-likeness (QED) is 0.270. The van der Waals surface area contributed by atoms with Gasteiger partial charge in [0.25, 0.3) is 0 Å². The van der Waals surface area contributed by atoms with E-state index in [2.05, 4.69) is 0 Å². The SMILES string of the molecule is CC(CC(=O)O)c1cc(F)c(OCc2ccc3c(-c4ccc(O)cc4)nn(C4CCCC4)c3c2)c(F)c1. The first-order valence-electron chi connectivity index (χ1n) is 12.4. The Hall–Kier alpha value is -3.94. The van der Waals surface area contributed by atoms with Gasteiger partial charge >= 0.3 is 5.97 Å². The number of nitrogens with zero attached hydrogens (tertiary/aromatic N) is 2. The predicted molar refractivity (Wildman–Crippen MR) is 136 cm³/mol. The maximum Gasteiger partial charge on any atom is 0.303 e. The first kappa shape index (κ1) is 24.7. The van der Waals surface area contributed by atoms with Crippen LogP contribution in [-0.4, -0.2) is 26.0 Å². The molecule has 1 fully saturated rings. The number of phenols is 1. The molecule has 5 rings (SSSR count). The van der Waals surface area contributed by atoms with E-state index >= 15 is 0 Å². The summed E-state index contributed by atoms with van der Waals surface area (Å²) in [6, 6.07) is 15.2. The van der Waals surface area contributed by atoms with Gasteiger partial charge in [-0.3, -0.25) is 9.48 Å². The fourth-order valence-electron chi connectivity index (χ4n) is 5.07. The van der Waals surface area contributed by atoms with Crippen molar-refractivity contribution in [2.24, 2.45) is 0 Å². The van der Waals surface area contributed by atoms with Crippen molar-refractivity contribution in [3.05, 3.63) is 77.4 Å². The molecular weight excluding hydrogens is 478 g/mol. The lowest BCUT2D eigenvalue weighted by Crippen LogP contribution is -2.07. The summed E-state index contributed by atoms with van der Waals surface area (Å²) in [5.74, 6) is -3.59. The highest BCUT2D eigenvalue weighted by molar-refractivity contribution is 5.94. The van der Waals surface area contributed by atoms with Gasteiger partial charge in [0.15, 0.2) is 17.4 Å². The topological polar surface area (TPSA) is 84.6 Å². The number of benzene rings is 3. The van der Waals surface area contributed by atoms with Crippen LogP contribution in [0.3, 0.4) is 0 Å². The lowest BCUT2D eigenvalue weighted by Gasteiger charge is -2.14. The molecule has 2 N–H and O–H groups in total. The summed E-state index contributed by atoms with van der Waals surface area (Å²) >= 11 is 0. The Bertz CT molecular complexity index is 1420. The van der Waals surface area contributed by atoms with Crippen LogP contribution in [0.5, 0.6) is 11.5 Å². The highest BCUT2D eigenvalue weighted by atomic mass is 19.1. The van der Waals surface area contributed by atoms with Gasteiger partial charge in [-0.05, 0) is 72.4 Å². The van der Waals surface area contributed by atoms with Crippen LogP contribution in [0.2, 0.25) is 0 Å². The molecular formula is C29H28F2N2O4. The number of aromatic hydroxyl groups is 1. The van der Waals surface area contributed by atoms with Gasteiger partial charge in [0.1, 0.15) is 18.1 Å². The van der Waals surface area contributed by atoms with Crippen LogP contribution < -0.4 is 4.74 Å². The number of hydrogen-bond donors (Lipinski definition) is 2. The molecule has 0 spiro atoms. The lowest BCUT2D eigenvalue weighted by molar-refractivity contribution is -0.137. The van der Waals surface area contributed by atoms with Crippen molar-refractivity contribution in [2.45, 2.75) is 57.6 Å². The van der Waals surface area contributed by atoms with Crippen LogP contribution in [0, 0.1) is 11.6 Å². The Morgan fingerprint density at radius 1 is 1.08 bits per heavy atom. The Kier molecular flexibility index (Phi) is 6.82. The molecule has 0 bridgehead atoms. The van der Waals surface area contributed by atoms with Gasteiger partial charge in [-0.2, -0.15) is 5.10 Å². The summed E-state index contributed by atoms with van der Waals surface area (Å²) < 4.78 is 37.0. The predicted octanol–water partition coefficient (Wildman–Crippen LogP) is 6.96. The normalized spacial score (nSPS) is 14.8. The zero-order chi connectivity index (χ0) is 26.1. The molecule has 1 aromatic heterocycles. The van der Waals surface area contributed by atoms with E-state index in [1.54, 1.807) is 19.1 Å². The second-order valence-electron chi connectivity index (χ2n) is 9.73. The molecule has 0 saturated heterocycles. The minimum Gasteiger partial charge on any atom is -0.508 e. The van der Waals surface area contributed by atoms with Gasteiger partial charge in [-0.25, -0.2) is 8.78 Å². The zero-order valence-electron chi connectivity index (χ0n) is 20.5. The third-order valence-corrected chi connectivity index (χ3v) is 7.04. The molecule has 0 radical (unpaired) electrons. The maximum absolute atomic E-state index is 14.7. The molecule has 1 unspecified atom stereocenters. The zero-order valence-corrected chi connectivity index (χ0v) is 20.5. The van der Waals surface area contributed by atoms with E-state index < -0.39 is 29.3 Å². The van der Waals surface area contributed by atoms with E-state index in [1.807, 2.05) is 35.0 Å². The Morgan fingerprint density at radius 3 is 2.41 bits per heavy atom. The average Bonchev–Trinajstić information content (AvgIpc) is 3.51. The maximum atomic E-state index is 14.7.